The van der Waals surface area contributed by atoms with E-state index in [0.717, 1.165) is 5.56 Å². The first-order valence-corrected chi connectivity index (χ1v) is 8.13. The van der Waals surface area contributed by atoms with Crippen molar-refractivity contribution < 1.29 is 8.42 Å². The van der Waals surface area contributed by atoms with Gasteiger partial charge in [0.1, 0.15) is 0 Å². The van der Waals surface area contributed by atoms with Crippen LogP contribution in [0.15, 0.2) is 40.0 Å². The van der Waals surface area contributed by atoms with Gasteiger partial charge in [-0.1, -0.05) is 11.3 Å². The van der Waals surface area contributed by atoms with Crippen molar-refractivity contribution in [1.29, 1.82) is 0 Å². The lowest BCUT2D eigenvalue weighted by Crippen LogP contribution is -2.28. The van der Waals surface area contributed by atoms with E-state index in [-0.39, 0.29) is 18.0 Å². The number of rotatable bonds is 6. The molecular weight excluding hydrogens is 346 g/mol. The second kappa shape index (κ2) is 6.44. The van der Waals surface area contributed by atoms with E-state index in [4.69, 9.17) is 5.73 Å². The number of hydrogen-bond donors (Lipinski definition) is 2. The first kappa shape index (κ1) is 15.1. The number of sulfonamides is 1. The maximum absolute atomic E-state index is 12.2. The van der Waals surface area contributed by atoms with Crippen LogP contribution in [-0.4, -0.2) is 30.0 Å². The Morgan fingerprint density at radius 1 is 1.40 bits per heavy atom. The molecule has 0 amide bonds. The molecule has 9 heteroatoms. The van der Waals surface area contributed by atoms with Crippen molar-refractivity contribution in [2.24, 2.45) is 5.73 Å². The van der Waals surface area contributed by atoms with E-state index in [2.05, 4.69) is 31.0 Å². The molecular formula is C11H14BrN5O2S. The van der Waals surface area contributed by atoms with Crippen LogP contribution in [0.1, 0.15) is 5.56 Å². The van der Waals surface area contributed by atoms with E-state index in [1.807, 2.05) is 0 Å². The zero-order chi connectivity index (χ0) is 14.6. The fraction of sp³-hybridized carbons (Fsp3) is 0.273. The molecule has 1 aromatic carbocycles. The Hall–Kier alpha value is -1.29. The average Bonchev–Trinajstić information content (AvgIpc) is 2.92. The zero-order valence-electron chi connectivity index (χ0n) is 10.5. The Morgan fingerprint density at radius 3 is 2.85 bits per heavy atom. The molecule has 2 aromatic rings. The zero-order valence-corrected chi connectivity index (χ0v) is 12.9. The summed E-state index contributed by atoms with van der Waals surface area (Å²) in [6.07, 6.45) is 3.20. The normalized spacial score (nSPS) is 11.7. The molecule has 0 fully saturated rings. The Bertz CT molecular complexity index is 672. The van der Waals surface area contributed by atoms with E-state index < -0.39 is 10.0 Å². The van der Waals surface area contributed by atoms with Crippen molar-refractivity contribution in [3.63, 3.8) is 0 Å². The number of benzene rings is 1. The molecule has 0 spiro atoms. The third kappa shape index (κ3) is 3.63. The smallest absolute Gasteiger partial charge is 0.241 e. The van der Waals surface area contributed by atoms with Gasteiger partial charge in [0, 0.05) is 23.8 Å². The second-order valence-corrected chi connectivity index (χ2v) is 6.62. The van der Waals surface area contributed by atoms with Crippen LogP contribution in [0, 0.1) is 0 Å². The molecule has 0 aliphatic rings. The Balaban J connectivity index is 2.09. The average molecular weight is 360 g/mol. The van der Waals surface area contributed by atoms with Crippen molar-refractivity contribution in [3.8, 4) is 0 Å². The largest absolute Gasteiger partial charge is 0.326 e. The number of nitrogens with two attached hydrogens (primary N) is 1. The van der Waals surface area contributed by atoms with Crippen LogP contribution in [-0.2, 0) is 23.1 Å². The molecule has 0 aliphatic carbocycles. The van der Waals surface area contributed by atoms with Gasteiger partial charge in [-0.25, -0.2) is 13.1 Å². The number of halogens is 1. The van der Waals surface area contributed by atoms with Crippen LogP contribution in [0.3, 0.4) is 0 Å². The lowest BCUT2D eigenvalue weighted by molar-refractivity contribution is 0.552. The number of nitrogens with one attached hydrogen (secondary N) is 1. The topological polar surface area (TPSA) is 103 Å². The van der Waals surface area contributed by atoms with Gasteiger partial charge in [-0.05, 0) is 33.6 Å². The van der Waals surface area contributed by atoms with Crippen LogP contribution in [0.4, 0.5) is 0 Å². The minimum absolute atomic E-state index is 0.180. The summed E-state index contributed by atoms with van der Waals surface area (Å²) in [5.74, 6) is 0. The fourth-order valence-corrected chi connectivity index (χ4v) is 3.64. The van der Waals surface area contributed by atoms with E-state index in [0.29, 0.717) is 11.0 Å². The van der Waals surface area contributed by atoms with Gasteiger partial charge < -0.3 is 5.73 Å². The standard InChI is InChI=1S/C11H14BrN5O2S/c12-10-2-1-9(8-13)7-11(10)20(18,19)15-4-6-17-5-3-14-16-17/h1-3,5,7,15H,4,6,8,13H2. The summed E-state index contributed by atoms with van der Waals surface area (Å²) in [5, 5.41) is 7.41. The van der Waals surface area contributed by atoms with Gasteiger partial charge in [-0.2, -0.15) is 0 Å². The molecule has 0 saturated heterocycles. The minimum atomic E-state index is -3.59. The second-order valence-electron chi connectivity index (χ2n) is 4.03. The molecule has 108 valence electrons. The Labute approximate surface area is 125 Å². The molecule has 0 radical (unpaired) electrons. The van der Waals surface area contributed by atoms with Gasteiger partial charge in [0.05, 0.1) is 17.6 Å². The summed E-state index contributed by atoms with van der Waals surface area (Å²) in [6.45, 7) is 0.924. The van der Waals surface area contributed by atoms with Crippen molar-refractivity contribution in [1.82, 2.24) is 19.7 Å². The molecule has 1 aromatic heterocycles. The van der Waals surface area contributed by atoms with Crippen molar-refractivity contribution in [2.75, 3.05) is 6.54 Å². The minimum Gasteiger partial charge on any atom is -0.326 e. The Morgan fingerprint density at radius 2 is 2.20 bits per heavy atom. The highest BCUT2D eigenvalue weighted by Crippen LogP contribution is 2.22. The summed E-state index contributed by atoms with van der Waals surface area (Å²) < 4.78 is 29.0. The molecule has 0 atom stereocenters. The third-order valence-electron chi connectivity index (χ3n) is 2.63. The molecule has 1 heterocycles. The monoisotopic (exact) mass is 359 g/mol. The lowest BCUT2D eigenvalue weighted by Gasteiger charge is -2.09. The summed E-state index contributed by atoms with van der Waals surface area (Å²) >= 11 is 3.24. The molecule has 0 bridgehead atoms. The third-order valence-corrected chi connectivity index (χ3v) is 5.08. The summed E-state index contributed by atoms with van der Waals surface area (Å²) in [5.41, 5.74) is 6.28. The van der Waals surface area contributed by atoms with Crippen LogP contribution in [0.5, 0.6) is 0 Å². The quantitative estimate of drug-likeness (QED) is 0.780. The molecule has 2 rings (SSSR count). The maximum atomic E-state index is 12.2. The summed E-state index contributed by atoms with van der Waals surface area (Å²) in [7, 11) is -3.59. The fourth-order valence-electron chi connectivity index (χ4n) is 1.60. The number of nitrogens with zero attached hydrogens (tertiary/aromatic N) is 3. The number of aromatic nitrogens is 3. The SMILES string of the molecule is NCc1ccc(Br)c(S(=O)(=O)NCCn2ccnn2)c1. The molecule has 0 aliphatic heterocycles. The first-order chi connectivity index (χ1) is 9.53. The van der Waals surface area contributed by atoms with Gasteiger partial charge >= 0.3 is 0 Å². The van der Waals surface area contributed by atoms with Gasteiger partial charge in [0.2, 0.25) is 10.0 Å². The first-order valence-electron chi connectivity index (χ1n) is 5.85. The predicted molar refractivity (Wildman–Crippen MR) is 77.2 cm³/mol. The van der Waals surface area contributed by atoms with Crippen molar-refractivity contribution in [2.45, 2.75) is 18.0 Å². The lowest BCUT2D eigenvalue weighted by atomic mass is 10.2. The van der Waals surface area contributed by atoms with Crippen LogP contribution in [0.2, 0.25) is 0 Å². The van der Waals surface area contributed by atoms with Gasteiger partial charge in [-0.3, -0.25) is 4.68 Å². The molecule has 3 N–H and O–H groups in total. The van der Waals surface area contributed by atoms with Gasteiger partial charge in [-0.15, -0.1) is 5.10 Å². The van der Waals surface area contributed by atoms with E-state index in [9.17, 15) is 8.42 Å². The highest BCUT2D eigenvalue weighted by atomic mass is 79.9. The van der Waals surface area contributed by atoms with Crippen LogP contribution in [0.25, 0.3) is 0 Å². The van der Waals surface area contributed by atoms with Crippen LogP contribution < -0.4 is 10.5 Å². The van der Waals surface area contributed by atoms with Gasteiger partial charge in [0.25, 0.3) is 0 Å². The van der Waals surface area contributed by atoms with Crippen LogP contribution >= 0.6 is 15.9 Å². The van der Waals surface area contributed by atoms with Crippen molar-refractivity contribution in [3.05, 3.63) is 40.6 Å². The van der Waals surface area contributed by atoms with E-state index in [1.54, 1.807) is 29.1 Å². The highest BCUT2D eigenvalue weighted by Gasteiger charge is 2.17. The van der Waals surface area contributed by atoms with Crippen molar-refractivity contribution >= 4 is 26.0 Å². The number of hydrogen-bond acceptors (Lipinski definition) is 5. The molecule has 20 heavy (non-hydrogen) atoms. The maximum Gasteiger partial charge on any atom is 0.241 e. The molecule has 0 unspecified atom stereocenters. The molecule has 0 saturated carbocycles. The highest BCUT2D eigenvalue weighted by molar-refractivity contribution is 9.10. The van der Waals surface area contributed by atoms with E-state index in [1.165, 1.54) is 6.20 Å². The summed E-state index contributed by atoms with van der Waals surface area (Å²) in [4.78, 5) is 0.180. The van der Waals surface area contributed by atoms with E-state index >= 15 is 0 Å². The van der Waals surface area contributed by atoms with Gasteiger partial charge in [0.15, 0.2) is 0 Å². The molecule has 7 nitrogen and oxygen atoms in total. The Kier molecular flexibility index (Phi) is 4.86. The predicted octanol–water partition coefficient (Wildman–Crippen LogP) is 0.478. The summed E-state index contributed by atoms with van der Waals surface area (Å²) in [6, 6.07) is 5.01.